The number of sulfonamides is 1. The van der Waals surface area contributed by atoms with Crippen molar-refractivity contribution in [1.29, 1.82) is 0 Å². The van der Waals surface area contributed by atoms with Crippen LogP contribution in [0.15, 0.2) is 34.3 Å². The van der Waals surface area contributed by atoms with Gasteiger partial charge in [-0.05, 0) is 49.7 Å². The maximum absolute atomic E-state index is 12.4. The summed E-state index contributed by atoms with van der Waals surface area (Å²) in [5, 5.41) is 5.27. The standard InChI is InChI=1S/C17H23BrN2O2S/c1-12-4-6-14(7-5-12)23(21,22)20-19-15-10-13-8-9-16(15,2)17(13,3)11-18/h4-7,13,20H,8-11H2,1-3H3/b19-15-/t13-,16+,17-/m0/s1. The molecule has 2 aliphatic carbocycles. The van der Waals surface area contributed by atoms with Crippen LogP contribution in [0.2, 0.25) is 0 Å². The molecule has 126 valence electrons. The third-order valence-corrected chi connectivity index (χ3v) is 8.53. The summed E-state index contributed by atoms with van der Waals surface area (Å²) in [6.45, 7) is 6.44. The van der Waals surface area contributed by atoms with Gasteiger partial charge >= 0.3 is 0 Å². The molecule has 3 rings (SSSR count). The maximum atomic E-state index is 12.4. The highest BCUT2D eigenvalue weighted by atomic mass is 79.9. The quantitative estimate of drug-likeness (QED) is 0.618. The number of aryl methyl sites for hydroxylation is 1. The fourth-order valence-corrected chi connectivity index (χ4v) is 6.00. The van der Waals surface area contributed by atoms with E-state index in [9.17, 15) is 8.42 Å². The van der Waals surface area contributed by atoms with E-state index in [4.69, 9.17) is 0 Å². The second-order valence-corrected chi connectivity index (χ2v) is 9.51. The summed E-state index contributed by atoms with van der Waals surface area (Å²) in [6, 6.07) is 6.82. The van der Waals surface area contributed by atoms with Gasteiger partial charge < -0.3 is 0 Å². The summed E-state index contributed by atoms with van der Waals surface area (Å²) in [6.07, 6.45) is 3.15. The van der Waals surface area contributed by atoms with Crippen LogP contribution >= 0.6 is 15.9 Å². The SMILES string of the molecule is Cc1ccc(S(=O)(=O)N/N=C2/C[C@@H]3CC[C@@]2(C)[C@@]3(C)CBr)cc1. The molecule has 23 heavy (non-hydrogen) atoms. The molecule has 1 N–H and O–H groups in total. The number of rotatable bonds is 4. The van der Waals surface area contributed by atoms with E-state index in [1.54, 1.807) is 24.3 Å². The van der Waals surface area contributed by atoms with Gasteiger partial charge in [-0.3, -0.25) is 0 Å². The van der Waals surface area contributed by atoms with Gasteiger partial charge in [-0.25, -0.2) is 4.83 Å². The molecule has 2 aliphatic rings. The van der Waals surface area contributed by atoms with Crippen molar-refractivity contribution in [2.24, 2.45) is 21.8 Å². The van der Waals surface area contributed by atoms with E-state index in [-0.39, 0.29) is 15.7 Å². The molecule has 0 unspecified atom stereocenters. The normalized spacial score (nSPS) is 35.0. The van der Waals surface area contributed by atoms with E-state index in [0.29, 0.717) is 5.92 Å². The number of halogens is 1. The van der Waals surface area contributed by atoms with Gasteiger partial charge in [0, 0.05) is 16.5 Å². The van der Waals surface area contributed by atoms with Crippen LogP contribution in [-0.2, 0) is 10.0 Å². The Kier molecular flexibility index (Phi) is 4.12. The lowest BCUT2D eigenvalue weighted by Crippen LogP contribution is -2.37. The minimum Gasteiger partial charge on any atom is -0.200 e. The summed E-state index contributed by atoms with van der Waals surface area (Å²) < 4.78 is 24.8. The molecule has 0 amide bonds. The summed E-state index contributed by atoms with van der Waals surface area (Å²) in [5.74, 6) is 0.578. The van der Waals surface area contributed by atoms with Crippen LogP contribution < -0.4 is 4.83 Å². The summed E-state index contributed by atoms with van der Waals surface area (Å²) >= 11 is 3.66. The summed E-state index contributed by atoms with van der Waals surface area (Å²) in [4.78, 5) is 2.71. The Labute approximate surface area is 146 Å². The zero-order valence-electron chi connectivity index (χ0n) is 13.8. The van der Waals surface area contributed by atoms with Gasteiger partial charge in [-0.15, -0.1) is 0 Å². The minimum absolute atomic E-state index is 0.0308. The minimum atomic E-state index is -3.60. The molecule has 0 heterocycles. The van der Waals surface area contributed by atoms with Crippen molar-refractivity contribution < 1.29 is 8.42 Å². The average molecular weight is 399 g/mol. The highest BCUT2D eigenvalue weighted by molar-refractivity contribution is 9.09. The zero-order chi connectivity index (χ0) is 16.9. The van der Waals surface area contributed by atoms with Gasteiger partial charge in [0.1, 0.15) is 0 Å². The van der Waals surface area contributed by atoms with Crippen molar-refractivity contribution in [2.75, 3.05) is 5.33 Å². The Hall–Kier alpha value is -0.880. The van der Waals surface area contributed by atoms with E-state index in [0.717, 1.165) is 29.4 Å². The third-order valence-electron chi connectivity index (χ3n) is 6.14. The monoisotopic (exact) mass is 398 g/mol. The van der Waals surface area contributed by atoms with Crippen molar-refractivity contribution in [2.45, 2.75) is 44.9 Å². The number of hydrogen-bond acceptors (Lipinski definition) is 3. The van der Waals surface area contributed by atoms with Gasteiger partial charge in [0.05, 0.1) is 4.90 Å². The summed E-state index contributed by atoms with van der Waals surface area (Å²) in [7, 11) is -3.60. The Balaban J connectivity index is 1.85. The molecule has 0 saturated heterocycles. The number of hydrazone groups is 1. The molecule has 0 spiro atoms. The van der Waals surface area contributed by atoms with Crippen LogP contribution in [0.3, 0.4) is 0 Å². The number of hydrogen-bond donors (Lipinski definition) is 1. The maximum Gasteiger partial charge on any atom is 0.276 e. The lowest BCUT2D eigenvalue weighted by atomic mass is 9.70. The van der Waals surface area contributed by atoms with E-state index < -0.39 is 10.0 Å². The molecule has 0 aliphatic heterocycles. The third kappa shape index (κ3) is 2.54. The first-order chi connectivity index (χ1) is 10.7. The zero-order valence-corrected chi connectivity index (χ0v) is 16.2. The predicted octanol–water partition coefficient (Wildman–Crippen LogP) is 3.85. The second-order valence-electron chi connectivity index (χ2n) is 7.29. The molecule has 1 aromatic carbocycles. The molecule has 3 atom stereocenters. The van der Waals surface area contributed by atoms with Crippen LogP contribution in [0.5, 0.6) is 0 Å². The Morgan fingerprint density at radius 2 is 1.96 bits per heavy atom. The predicted molar refractivity (Wildman–Crippen MR) is 96.3 cm³/mol. The molecule has 0 radical (unpaired) electrons. The number of alkyl halides is 1. The molecule has 2 bridgehead atoms. The smallest absolute Gasteiger partial charge is 0.200 e. The van der Waals surface area contributed by atoms with E-state index in [2.05, 4.69) is 39.7 Å². The molecule has 6 heteroatoms. The van der Waals surface area contributed by atoms with Crippen LogP contribution in [0.25, 0.3) is 0 Å². The molecule has 2 saturated carbocycles. The largest absolute Gasteiger partial charge is 0.276 e. The Morgan fingerprint density at radius 3 is 2.52 bits per heavy atom. The molecular formula is C17H23BrN2O2S. The first kappa shape index (κ1) is 17.0. The highest BCUT2D eigenvalue weighted by Gasteiger charge is 2.62. The number of benzene rings is 1. The summed E-state index contributed by atoms with van der Waals surface area (Å²) in [5.41, 5.74) is 2.15. The molecule has 0 aromatic heterocycles. The lowest BCUT2D eigenvalue weighted by molar-refractivity contribution is 0.203. The topological polar surface area (TPSA) is 58.5 Å². The average Bonchev–Trinajstić information content (AvgIpc) is 2.89. The van der Waals surface area contributed by atoms with Gasteiger partial charge in [0.25, 0.3) is 10.0 Å². The number of nitrogens with one attached hydrogen (secondary N) is 1. The fraction of sp³-hybridized carbons (Fsp3) is 0.588. The highest BCUT2D eigenvalue weighted by Crippen LogP contribution is 2.64. The molecular weight excluding hydrogens is 376 g/mol. The van der Waals surface area contributed by atoms with Gasteiger partial charge in [-0.1, -0.05) is 47.5 Å². The second kappa shape index (κ2) is 5.59. The lowest BCUT2D eigenvalue weighted by Gasteiger charge is -2.36. The Morgan fingerprint density at radius 1 is 1.30 bits per heavy atom. The molecule has 2 fully saturated rings. The van der Waals surface area contributed by atoms with Crippen molar-refractivity contribution in [1.82, 2.24) is 4.83 Å². The van der Waals surface area contributed by atoms with Gasteiger partial charge in [-0.2, -0.15) is 13.5 Å². The van der Waals surface area contributed by atoms with Gasteiger partial charge in [0.15, 0.2) is 0 Å². The molecule has 1 aromatic rings. The van der Waals surface area contributed by atoms with E-state index >= 15 is 0 Å². The van der Waals surface area contributed by atoms with E-state index in [1.165, 1.54) is 6.42 Å². The van der Waals surface area contributed by atoms with E-state index in [1.807, 2.05) is 6.92 Å². The van der Waals surface area contributed by atoms with Crippen molar-refractivity contribution in [3.05, 3.63) is 29.8 Å². The van der Waals surface area contributed by atoms with Crippen LogP contribution in [0.4, 0.5) is 0 Å². The first-order valence-corrected chi connectivity index (χ1v) is 10.5. The number of nitrogens with zero attached hydrogens (tertiary/aromatic N) is 1. The van der Waals surface area contributed by atoms with Crippen molar-refractivity contribution in [3.63, 3.8) is 0 Å². The van der Waals surface area contributed by atoms with Gasteiger partial charge in [0.2, 0.25) is 0 Å². The van der Waals surface area contributed by atoms with Crippen LogP contribution in [0.1, 0.15) is 38.7 Å². The van der Waals surface area contributed by atoms with Crippen LogP contribution in [-0.4, -0.2) is 19.5 Å². The fourth-order valence-electron chi connectivity index (χ4n) is 4.09. The first-order valence-electron chi connectivity index (χ1n) is 7.94. The Bertz CT molecular complexity index is 744. The number of fused-ring (bicyclic) bond motifs is 2. The van der Waals surface area contributed by atoms with Crippen LogP contribution in [0, 0.1) is 23.7 Å². The molecule has 4 nitrogen and oxygen atoms in total. The van der Waals surface area contributed by atoms with Crippen molar-refractivity contribution >= 4 is 31.7 Å². The van der Waals surface area contributed by atoms with Crippen molar-refractivity contribution in [3.8, 4) is 0 Å².